The highest BCUT2D eigenvalue weighted by Crippen LogP contribution is 2.31. The minimum Gasteiger partial charge on any atom is -0.490 e. The van der Waals surface area contributed by atoms with Crippen molar-refractivity contribution < 1.29 is 9.53 Å². The molecule has 33 heavy (non-hydrogen) atoms. The van der Waals surface area contributed by atoms with Crippen molar-refractivity contribution >= 4 is 17.5 Å². The first-order chi connectivity index (χ1) is 15.8. The summed E-state index contributed by atoms with van der Waals surface area (Å²) in [5.41, 5.74) is 12.8. The number of nitrogens with zero attached hydrogens (tertiary/aromatic N) is 3. The molecule has 8 nitrogen and oxygen atoms in total. The van der Waals surface area contributed by atoms with E-state index in [2.05, 4.69) is 22.2 Å². The number of allylic oxidation sites excluding steroid dienone is 2. The molecule has 3 fully saturated rings. The Balaban J connectivity index is 1.23. The van der Waals surface area contributed by atoms with Gasteiger partial charge in [-0.2, -0.15) is 5.26 Å². The summed E-state index contributed by atoms with van der Waals surface area (Å²) in [6.45, 7) is 1.94. The third kappa shape index (κ3) is 5.37. The maximum absolute atomic E-state index is 12.5. The lowest BCUT2D eigenvalue weighted by molar-refractivity contribution is -0.118. The molecule has 0 radical (unpaired) electrons. The molecule has 176 valence electrons. The number of carbonyl (C=O) groups excluding carboxylic acids is 1. The topological polar surface area (TPSA) is 121 Å². The normalized spacial score (nSPS) is 28.0. The molecule has 1 aromatic carbocycles. The summed E-state index contributed by atoms with van der Waals surface area (Å²) in [4.78, 5) is 17.1. The Labute approximate surface area is 199 Å². The zero-order valence-corrected chi connectivity index (χ0v) is 19.6. The van der Waals surface area contributed by atoms with E-state index in [1.165, 1.54) is 0 Å². The average Bonchev–Trinajstić information content (AvgIpc) is 3.38. The largest absolute Gasteiger partial charge is 0.490 e. The van der Waals surface area contributed by atoms with Crippen molar-refractivity contribution in [3.63, 3.8) is 0 Å². The van der Waals surface area contributed by atoms with Crippen molar-refractivity contribution in [1.82, 2.24) is 15.1 Å². The van der Waals surface area contributed by atoms with Gasteiger partial charge in [-0.3, -0.25) is 9.69 Å². The number of amides is 1. The number of benzene rings is 1. The molecule has 1 aromatic rings. The third-order valence-corrected chi connectivity index (χ3v) is 7.23. The molecule has 9 heteroatoms. The Bertz CT molecular complexity index is 993. The lowest BCUT2D eigenvalue weighted by atomic mass is 9.93. The molecular formula is C24H31ClN6O2. The Kier molecular flexibility index (Phi) is 7.01. The molecule has 1 saturated carbocycles. The van der Waals surface area contributed by atoms with Crippen molar-refractivity contribution in [1.29, 1.82) is 5.26 Å². The highest BCUT2D eigenvalue weighted by atomic mass is 35.5. The van der Waals surface area contributed by atoms with Crippen LogP contribution in [0, 0.1) is 11.3 Å². The van der Waals surface area contributed by atoms with E-state index in [0.29, 0.717) is 34.2 Å². The minimum absolute atomic E-state index is 0.0487. The minimum atomic E-state index is -0.273. The smallest absolute Gasteiger partial charge is 0.267 e. The number of halogens is 1. The maximum atomic E-state index is 12.5. The van der Waals surface area contributed by atoms with Crippen LogP contribution in [0.4, 0.5) is 0 Å². The Morgan fingerprint density at radius 1 is 1.21 bits per heavy atom. The number of rotatable bonds is 6. The number of hydrogen-bond acceptors (Lipinski definition) is 7. The molecule has 2 unspecified atom stereocenters. The van der Waals surface area contributed by atoms with E-state index in [-0.39, 0.29) is 23.8 Å². The zero-order valence-electron chi connectivity index (χ0n) is 18.8. The van der Waals surface area contributed by atoms with Crippen LogP contribution in [0.15, 0.2) is 41.9 Å². The van der Waals surface area contributed by atoms with Crippen LogP contribution in [0.2, 0.25) is 5.02 Å². The van der Waals surface area contributed by atoms with Gasteiger partial charge in [0.25, 0.3) is 5.91 Å². The van der Waals surface area contributed by atoms with Crippen LogP contribution in [-0.2, 0) is 4.79 Å². The predicted molar refractivity (Wildman–Crippen MR) is 127 cm³/mol. The van der Waals surface area contributed by atoms with Gasteiger partial charge in [-0.15, -0.1) is 0 Å². The number of ether oxygens (including phenoxy) is 1. The average molecular weight is 471 g/mol. The van der Waals surface area contributed by atoms with E-state index < -0.39 is 0 Å². The van der Waals surface area contributed by atoms with Crippen LogP contribution in [0.1, 0.15) is 37.7 Å². The molecule has 0 spiro atoms. The SMILES string of the molecule is CN1CC2CC1CN2/C(N)=C/C=C(\N)C(=O)NC1CCC(Oc2ccc(C#N)c(Cl)c2)CC1. The van der Waals surface area contributed by atoms with Crippen molar-refractivity contribution in [3.8, 4) is 11.8 Å². The van der Waals surface area contributed by atoms with Gasteiger partial charge in [-0.05, 0) is 63.4 Å². The zero-order chi connectivity index (χ0) is 23.5. The molecule has 2 bridgehead atoms. The fourth-order valence-corrected chi connectivity index (χ4v) is 5.19. The third-order valence-electron chi connectivity index (χ3n) is 6.92. The van der Waals surface area contributed by atoms with E-state index in [0.717, 1.165) is 45.2 Å². The first kappa shape index (κ1) is 23.3. The van der Waals surface area contributed by atoms with Gasteiger partial charge >= 0.3 is 0 Å². The fourth-order valence-electron chi connectivity index (χ4n) is 4.97. The van der Waals surface area contributed by atoms with E-state index >= 15 is 0 Å². The van der Waals surface area contributed by atoms with Crippen LogP contribution in [0.3, 0.4) is 0 Å². The summed E-state index contributed by atoms with van der Waals surface area (Å²) < 4.78 is 6.01. The second-order valence-corrected chi connectivity index (χ2v) is 9.57. The lowest BCUT2D eigenvalue weighted by Crippen LogP contribution is -2.45. The number of nitrogens with two attached hydrogens (primary N) is 2. The van der Waals surface area contributed by atoms with E-state index in [1.807, 2.05) is 6.07 Å². The molecule has 2 atom stereocenters. The molecule has 2 aliphatic heterocycles. The fraction of sp³-hybridized carbons (Fsp3) is 0.500. The summed E-state index contributed by atoms with van der Waals surface area (Å²) in [6, 6.07) is 8.18. The molecule has 1 aliphatic carbocycles. The molecule has 5 N–H and O–H groups in total. The van der Waals surface area contributed by atoms with Crippen molar-refractivity contribution in [2.45, 2.75) is 56.3 Å². The molecule has 2 saturated heterocycles. The number of piperazine rings is 1. The monoisotopic (exact) mass is 470 g/mol. The predicted octanol–water partition coefficient (Wildman–Crippen LogP) is 2.05. The van der Waals surface area contributed by atoms with Gasteiger partial charge < -0.3 is 26.4 Å². The van der Waals surface area contributed by atoms with Crippen molar-refractivity contribution in [2.75, 3.05) is 20.1 Å². The number of nitriles is 1. The molecule has 4 rings (SSSR count). The van der Waals surface area contributed by atoms with Gasteiger partial charge in [0.05, 0.1) is 28.2 Å². The summed E-state index contributed by atoms with van der Waals surface area (Å²) >= 11 is 6.08. The highest BCUT2D eigenvalue weighted by molar-refractivity contribution is 6.31. The van der Waals surface area contributed by atoms with Crippen LogP contribution < -0.4 is 21.5 Å². The molecule has 1 amide bonds. The van der Waals surface area contributed by atoms with Crippen LogP contribution >= 0.6 is 11.6 Å². The Morgan fingerprint density at radius 3 is 2.58 bits per heavy atom. The first-order valence-corrected chi connectivity index (χ1v) is 11.8. The number of fused-ring (bicyclic) bond motifs is 2. The van der Waals surface area contributed by atoms with Gasteiger partial charge in [0.2, 0.25) is 0 Å². The summed E-state index contributed by atoms with van der Waals surface area (Å²) in [5.74, 6) is 1.04. The van der Waals surface area contributed by atoms with Crippen LogP contribution in [0.5, 0.6) is 5.75 Å². The number of carbonyl (C=O) groups is 1. The van der Waals surface area contributed by atoms with Crippen molar-refractivity contribution in [2.24, 2.45) is 11.5 Å². The lowest BCUT2D eigenvalue weighted by Gasteiger charge is -2.33. The Morgan fingerprint density at radius 2 is 1.97 bits per heavy atom. The van der Waals surface area contributed by atoms with E-state index in [9.17, 15) is 4.79 Å². The summed E-state index contributed by atoms with van der Waals surface area (Å²) in [7, 11) is 2.15. The number of nitrogens with one attached hydrogen (secondary N) is 1. The Hall–Kier alpha value is -2.89. The second kappa shape index (κ2) is 9.94. The van der Waals surface area contributed by atoms with Crippen LogP contribution in [-0.4, -0.2) is 60.1 Å². The van der Waals surface area contributed by atoms with Crippen LogP contribution in [0.25, 0.3) is 0 Å². The standard InChI is InChI=1S/C24H31ClN6O2/c1-30-13-18-10-17(30)14-31(18)23(28)9-8-22(27)24(32)29-16-3-6-19(7-4-16)33-20-5-2-15(12-26)21(25)11-20/h2,5,8-9,11,16-19H,3-4,6-7,10,13-14,27-28H2,1H3,(H,29,32)/b22-8-,23-9+. The highest BCUT2D eigenvalue weighted by Gasteiger charge is 2.41. The van der Waals surface area contributed by atoms with Crippen molar-refractivity contribution in [3.05, 3.63) is 52.5 Å². The number of hydrogen-bond donors (Lipinski definition) is 3. The summed E-state index contributed by atoms with van der Waals surface area (Å²) in [6.07, 6.45) is 7.75. The van der Waals surface area contributed by atoms with Gasteiger partial charge in [0.1, 0.15) is 11.8 Å². The molecule has 3 aliphatic rings. The molecule has 0 aromatic heterocycles. The molecule has 2 heterocycles. The van der Waals surface area contributed by atoms with Gasteiger partial charge in [0.15, 0.2) is 0 Å². The number of likely N-dealkylation sites (N-methyl/N-ethyl adjacent to an activating group) is 1. The second-order valence-electron chi connectivity index (χ2n) is 9.17. The maximum Gasteiger partial charge on any atom is 0.267 e. The summed E-state index contributed by atoms with van der Waals surface area (Å²) in [5, 5.41) is 12.4. The number of likely N-dealkylation sites (tertiary alicyclic amines) is 2. The van der Waals surface area contributed by atoms with Gasteiger partial charge in [-0.25, -0.2) is 0 Å². The quantitative estimate of drug-likeness (QED) is 0.429. The van der Waals surface area contributed by atoms with E-state index in [4.69, 9.17) is 33.1 Å². The first-order valence-electron chi connectivity index (χ1n) is 11.4. The van der Waals surface area contributed by atoms with Gasteiger partial charge in [0, 0.05) is 37.3 Å². The van der Waals surface area contributed by atoms with Gasteiger partial charge in [-0.1, -0.05) is 11.6 Å². The molecular weight excluding hydrogens is 440 g/mol. The van der Waals surface area contributed by atoms with E-state index in [1.54, 1.807) is 30.4 Å².